The first-order chi connectivity index (χ1) is 19.3. The minimum atomic E-state index is -4.05. The highest BCUT2D eigenvalue weighted by molar-refractivity contribution is 7.92. The molecule has 1 saturated carbocycles. The minimum Gasteiger partial charge on any atom is -0.352 e. The van der Waals surface area contributed by atoms with Crippen LogP contribution in [0.3, 0.4) is 0 Å². The smallest absolute Gasteiger partial charge is 0.264 e. The lowest BCUT2D eigenvalue weighted by atomic mass is 10.1. The Kier molecular flexibility index (Phi) is 9.98. The van der Waals surface area contributed by atoms with E-state index in [0.717, 1.165) is 41.1 Å². The molecule has 1 atom stereocenters. The highest BCUT2D eigenvalue weighted by Gasteiger charge is 2.34. The standard InChI is InChI=1S/C32H39N3O4S/c1-3-30(32(37)33-27-14-10-11-15-27)34(23-22-26-12-6-4-7-13-26)31(36)24-35(28-16-8-5-9-17-28)40(38,39)29-20-18-25(2)19-21-29/h4-9,12-13,16-21,27,30H,3,10-11,14-15,22-24H2,1-2H3,(H,33,37). The predicted molar refractivity (Wildman–Crippen MR) is 158 cm³/mol. The van der Waals surface area contributed by atoms with Gasteiger partial charge in [-0.15, -0.1) is 0 Å². The molecule has 0 spiro atoms. The molecule has 1 aliphatic carbocycles. The summed E-state index contributed by atoms with van der Waals surface area (Å²) in [6, 6.07) is 24.5. The molecule has 1 unspecified atom stereocenters. The molecule has 2 amide bonds. The first-order valence-corrected chi connectivity index (χ1v) is 15.5. The highest BCUT2D eigenvalue weighted by atomic mass is 32.2. The van der Waals surface area contributed by atoms with Gasteiger partial charge >= 0.3 is 0 Å². The van der Waals surface area contributed by atoms with Crippen molar-refractivity contribution in [2.24, 2.45) is 0 Å². The van der Waals surface area contributed by atoms with E-state index in [2.05, 4.69) is 5.32 Å². The molecule has 0 radical (unpaired) electrons. The number of carbonyl (C=O) groups excluding carboxylic acids is 2. The van der Waals surface area contributed by atoms with Gasteiger partial charge in [0.05, 0.1) is 10.6 Å². The van der Waals surface area contributed by atoms with Crippen molar-refractivity contribution in [1.29, 1.82) is 0 Å². The van der Waals surface area contributed by atoms with E-state index in [0.29, 0.717) is 25.1 Å². The van der Waals surface area contributed by atoms with Gasteiger partial charge in [0.2, 0.25) is 11.8 Å². The molecule has 8 heteroatoms. The second-order valence-corrected chi connectivity index (χ2v) is 12.3. The molecule has 40 heavy (non-hydrogen) atoms. The molecule has 0 aliphatic heterocycles. The van der Waals surface area contributed by atoms with Crippen molar-refractivity contribution in [3.63, 3.8) is 0 Å². The maximum Gasteiger partial charge on any atom is 0.264 e. The maximum absolute atomic E-state index is 14.1. The van der Waals surface area contributed by atoms with Crippen LogP contribution < -0.4 is 9.62 Å². The van der Waals surface area contributed by atoms with E-state index < -0.39 is 28.5 Å². The van der Waals surface area contributed by atoms with Crippen molar-refractivity contribution in [2.45, 2.75) is 69.4 Å². The summed E-state index contributed by atoms with van der Waals surface area (Å²) in [7, 11) is -4.05. The molecule has 0 saturated heterocycles. The first-order valence-electron chi connectivity index (χ1n) is 14.1. The van der Waals surface area contributed by atoms with E-state index in [1.807, 2.05) is 44.2 Å². The number of aryl methyl sites for hydroxylation is 1. The molecule has 4 rings (SSSR count). The molecule has 3 aromatic carbocycles. The van der Waals surface area contributed by atoms with Gasteiger partial charge in [-0.2, -0.15) is 0 Å². The Balaban J connectivity index is 1.65. The summed E-state index contributed by atoms with van der Waals surface area (Å²) in [5.41, 5.74) is 2.37. The van der Waals surface area contributed by atoms with E-state index in [-0.39, 0.29) is 16.8 Å². The lowest BCUT2D eigenvalue weighted by Crippen LogP contribution is -2.54. The Morgan fingerprint density at radius 2 is 1.50 bits per heavy atom. The molecule has 0 heterocycles. The number of nitrogens with zero attached hydrogens (tertiary/aromatic N) is 2. The zero-order valence-corrected chi connectivity index (χ0v) is 24.1. The third kappa shape index (κ3) is 7.30. The van der Waals surface area contributed by atoms with Crippen LogP contribution in [0.25, 0.3) is 0 Å². The van der Waals surface area contributed by atoms with Gasteiger partial charge in [0, 0.05) is 12.6 Å². The highest BCUT2D eigenvalue weighted by Crippen LogP contribution is 2.25. The van der Waals surface area contributed by atoms with Crippen molar-refractivity contribution < 1.29 is 18.0 Å². The first kappa shape index (κ1) is 29.3. The van der Waals surface area contributed by atoms with E-state index in [1.54, 1.807) is 59.5 Å². The Labute approximate surface area is 238 Å². The van der Waals surface area contributed by atoms with Gasteiger partial charge in [0.25, 0.3) is 10.0 Å². The summed E-state index contributed by atoms with van der Waals surface area (Å²) in [4.78, 5) is 29.2. The molecule has 1 N–H and O–H groups in total. The predicted octanol–water partition coefficient (Wildman–Crippen LogP) is 5.10. The lowest BCUT2D eigenvalue weighted by molar-refractivity contribution is -0.139. The van der Waals surface area contributed by atoms with Crippen molar-refractivity contribution in [2.75, 3.05) is 17.4 Å². The summed E-state index contributed by atoms with van der Waals surface area (Å²) >= 11 is 0. The average Bonchev–Trinajstić information content (AvgIpc) is 3.48. The van der Waals surface area contributed by atoms with Gasteiger partial charge in [0.15, 0.2) is 0 Å². The monoisotopic (exact) mass is 561 g/mol. The minimum absolute atomic E-state index is 0.108. The fourth-order valence-electron chi connectivity index (χ4n) is 5.22. The van der Waals surface area contributed by atoms with E-state index in [4.69, 9.17) is 0 Å². The van der Waals surface area contributed by atoms with Gasteiger partial charge < -0.3 is 10.2 Å². The second kappa shape index (κ2) is 13.6. The molecule has 3 aromatic rings. The number of para-hydroxylation sites is 1. The molecular weight excluding hydrogens is 522 g/mol. The van der Waals surface area contributed by atoms with Crippen LogP contribution in [0.4, 0.5) is 5.69 Å². The summed E-state index contributed by atoms with van der Waals surface area (Å²) in [5, 5.41) is 3.15. The molecule has 0 aromatic heterocycles. The number of hydrogen-bond donors (Lipinski definition) is 1. The number of hydrogen-bond acceptors (Lipinski definition) is 4. The van der Waals surface area contributed by atoms with Gasteiger partial charge in [-0.25, -0.2) is 8.42 Å². The van der Waals surface area contributed by atoms with Gasteiger partial charge in [0.1, 0.15) is 12.6 Å². The van der Waals surface area contributed by atoms with Gasteiger partial charge in [-0.1, -0.05) is 86.0 Å². The van der Waals surface area contributed by atoms with Gasteiger partial charge in [-0.05, 0) is 62.4 Å². The van der Waals surface area contributed by atoms with Crippen molar-refractivity contribution in [1.82, 2.24) is 10.2 Å². The van der Waals surface area contributed by atoms with E-state index in [9.17, 15) is 18.0 Å². The van der Waals surface area contributed by atoms with Crippen LogP contribution in [0.5, 0.6) is 0 Å². The molecule has 212 valence electrons. The molecule has 1 aliphatic rings. The van der Waals surface area contributed by atoms with Crippen LogP contribution in [0.2, 0.25) is 0 Å². The normalized spacial score (nSPS) is 14.4. The number of sulfonamides is 1. The third-order valence-electron chi connectivity index (χ3n) is 7.50. The number of amides is 2. The van der Waals surface area contributed by atoms with Crippen molar-refractivity contribution in [3.8, 4) is 0 Å². The number of carbonyl (C=O) groups is 2. The average molecular weight is 562 g/mol. The topological polar surface area (TPSA) is 86.8 Å². The van der Waals surface area contributed by atoms with Crippen molar-refractivity contribution >= 4 is 27.5 Å². The lowest BCUT2D eigenvalue weighted by Gasteiger charge is -2.33. The van der Waals surface area contributed by atoms with Crippen LogP contribution in [0, 0.1) is 6.92 Å². The molecule has 1 fully saturated rings. The summed E-state index contributed by atoms with van der Waals surface area (Å²) in [6.45, 7) is 3.66. The quantitative estimate of drug-likeness (QED) is 0.333. The van der Waals surface area contributed by atoms with E-state index in [1.165, 1.54) is 0 Å². The molecule has 7 nitrogen and oxygen atoms in total. The van der Waals surface area contributed by atoms with Crippen LogP contribution in [0.15, 0.2) is 89.8 Å². The summed E-state index contributed by atoms with van der Waals surface area (Å²) in [5.74, 6) is -0.590. The number of nitrogens with one attached hydrogen (secondary N) is 1. The number of benzene rings is 3. The zero-order chi connectivity index (χ0) is 28.5. The van der Waals surface area contributed by atoms with Crippen LogP contribution in [-0.2, 0) is 26.0 Å². The van der Waals surface area contributed by atoms with Crippen LogP contribution in [-0.4, -0.2) is 50.3 Å². The molecular formula is C32H39N3O4S. The fourth-order valence-corrected chi connectivity index (χ4v) is 6.64. The Hall–Kier alpha value is -3.65. The molecule has 0 bridgehead atoms. The maximum atomic E-state index is 14.1. The summed E-state index contributed by atoms with van der Waals surface area (Å²) in [6.07, 6.45) is 5.03. The van der Waals surface area contributed by atoms with Gasteiger partial charge in [-0.3, -0.25) is 13.9 Å². The van der Waals surface area contributed by atoms with E-state index >= 15 is 0 Å². The van der Waals surface area contributed by atoms with Crippen molar-refractivity contribution in [3.05, 3.63) is 96.1 Å². The number of anilines is 1. The Bertz CT molecular complexity index is 1360. The number of rotatable bonds is 12. The third-order valence-corrected chi connectivity index (χ3v) is 9.29. The Morgan fingerprint density at radius 3 is 2.10 bits per heavy atom. The van der Waals surface area contributed by atoms with Crippen LogP contribution >= 0.6 is 0 Å². The summed E-state index contributed by atoms with van der Waals surface area (Å²) < 4.78 is 28.9. The Morgan fingerprint density at radius 1 is 0.900 bits per heavy atom. The van der Waals surface area contributed by atoms with Crippen LogP contribution in [0.1, 0.15) is 50.2 Å². The fraction of sp³-hybridized carbons (Fsp3) is 0.375. The second-order valence-electron chi connectivity index (χ2n) is 10.4. The zero-order valence-electron chi connectivity index (χ0n) is 23.3. The largest absolute Gasteiger partial charge is 0.352 e. The SMILES string of the molecule is CCC(C(=O)NC1CCCC1)N(CCc1ccccc1)C(=O)CN(c1ccccc1)S(=O)(=O)c1ccc(C)cc1.